The smallest absolute Gasteiger partial charge is 0.261 e. The van der Waals surface area contributed by atoms with E-state index in [1.165, 1.54) is 10.5 Å². The SMILES string of the molecule is CCCCNC(=O)C(C)N(Cc1ccc(Cl)cc1Cl)C(=O)COc1ccc(C(C)C)cc1. The largest absolute Gasteiger partial charge is 0.484 e. The van der Waals surface area contributed by atoms with E-state index < -0.39 is 6.04 Å². The molecule has 2 rings (SSSR count). The lowest BCUT2D eigenvalue weighted by Crippen LogP contribution is -2.49. The summed E-state index contributed by atoms with van der Waals surface area (Å²) in [6, 6.07) is 12.1. The third-order valence-electron chi connectivity index (χ3n) is 5.26. The number of hydrogen-bond donors (Lipinski definition) is 1. The third kappa shape index (κ3) is 7.72. The van der Waals surface area contributed by atoms with Gasteiger partial charge in [0.2, 0.25) is 5.91 Å². The number of amides is 2. The van der Waals surface area contributed by atoms with Crippen LogP contribution in [0.3, 0.4) is 0 Å². The van der Waals surface area contributed by atoms with Crippen molar-refractivity contribution in [2.24, 2.45) is 0 Å². The quantitative estimate of drug-likeness (QED) is 0.413. The molecular weight excluding hydrogens is 447 g/mol. The third-order valence-corrected chi connectivity index (χ3v) is 5.85. The summed E-state index contributed by atoms with van der Waals surface area (Å²) >= 11 is 12.3. The number of unbranched alkanes of at least 4 members (excludes halogenated alkanes) is 1. The van der Waals surface area contributed by atoms with Crippen LogP contribution in [0, 0.1) is 0 Å². The molecule has 174 valence electrons. The molecule has 0 aliphatic rings. The fraction of sp³-hybridized carbons (Fsp3) is 0.440. The molecule has 1 unspecified atom stereocenters. The fourth-order valence-corrected chi connectivity index (χ4v) is 3.60. The molecule has 0 spiro atoms. The Kier molecular flexibility index (Phi) is 10.3. The van der Waals surface area contributed by atoms with Crippen LogP contribution in [0.25, 0.3) is 0 Å². The van der Waals surface area contributed by atoms with Gasteiger partial charge in [-0.25, -0.2) is 0 Å². The van der Waals surface area contributed by atoms with Crippen LogP contribution >= 0.6 is 23.2 Å². The van der Waals surface area contributed by atoms with Crippen molar-refractivity contribution in [2.45, 2.75) is 59.0 Å². The Labute approximate surface area is 201 Å². The highest BCUT2D eigenvalue weighted by molar-refractivity contribution is 6.35. The first-order valence-corrected chi connectivity index (χ1v) is 11.7. The van der Waals surface area contributed by atoms with Gasteiger partial charge in [-0.3, -0.25) is 9.59 Å². The normalized spacial score (nSPS) is 11.8. The maximum atomic E-state index is 13.1. The maximum absolute atomic E-state index is 13.1. The molecular formula is C25H32Cl2N2O3. The lowest BCUT2D eigenvalue weighted by molar-refractivity contribution is -0.142. The van der Waals surface area contributed by atoms with Crippen molar-refractivity contribution < 1.29 is 14.3 Å². The topological polar surface area (TPSA) is 58.6 Å². The highest BCUT2D eigenvalue weighted by Gasteiger charge is 2.27. The van der Waals surface area contributed by atoms with E-state index >= 15 is 0 Å². The first kappa shape index (κ1) is 26.0. The summed E-state index contributed by atoms with van der Waals surface area (Å²) in [5, 5.41) is 3.84. The van der Waals surface area contributed by atoms with E-state index in [0.29, 0.717) is 33.8 Å². The molecule has 0 bridgehead atoms. The van der Waals surface area contributed by atoms with Crippen LogP contribution in [-0.4, -0.2) is 35.9 Å². The second-order valence-electron chi connectivity index (χ2n) is 8.09. The van der Waals surface area contributed by atoms with Crippen LogP contribution < -0.4 is 10.1 Å². The van der Waals surface area contributed by atoms with E-state index in [2.05, 4.69) is 26.1 Å². The van der Waals surface area contributed by atoms with Crippen molar-refractivity contribution in [3.63, 3.8) is 0 Å². The zero-order valence-corrected chi connectivity index (χ0v) is 20.7. The van der Waals surface area contributed by atoms with Gasteiger partial charge in [-0.15, -0.1) is 0 Å². The second kappa shape index (κ2) is 12.7. The minimum Gasteiger partial charge on any atom is -0.484 e. The summed E-state index contributed by atoms with van der Waals surface area (Å²) in [5.74, 6) is 0.505. The number of benzene rings is 2. The number of nitrogens with one attached hydrogen (secondary N) is 1. The average molecular weight is 479 g/mol. The van der Waals surface area contributed by atoms with Crippen LogP contribution in [-0.2, 0) is 16.1 Å². The molecule has 2 aromatic rings. The minimum absolute atomic E-state index is 0.173. The lowest BCUT2D eigenvalue weighted by atomic mass is 10.0. The minimum atomic E-state index is -0.682. The van der Waals surface area contributed by atoms with Gasteiger partial charge in [0.25, 0.3) is 5.91 Å². The second-order valence-corrected chi connectivity index (χ2v) is 8.93. The van der Waals surface area contributed by atoms with Crippen molar-refractivity contribution in [1.82, 2.24) is 10.2 Å². The van der Waals surface area contributed by atoms with Crippen molar-refractivity contribution >= 4 is 35.0 Å². The van der Waals surface area contributed by atoms with E-state index in [1.54, 1.807) is 25.1 Å². The van der Waals surface area contributed by atoms with Crippen LogP contribution in [0.1, 0.15) is 57.6 Å². The van der Waals surface area contributed by atoms with Crippen LogP contribution in [0.2, 0.25) is 10.0 Å². The summed E-state index contributed by atoms with van der Waals surface area (Å²) < 4.78 is 5.72. The Morgan fingerprint density at radius 3 is 2.34 bits per heavy atom. The molecule has 0 aromatic heterocycles. The van der Waals surface area contributed by atoms with Gasteiger partial charge in [-0.1, -0.05) is 68.6 Å². The molecule has 32 heavy (non-hydrogen) atoms. The number of hydrogen-bond acceptors (Lipinski definition) is 3. The molecule has 7 heteroatoms. The summed E-state index contributed by atoms with van der Waals surface area (Å²) in [4.78, 5) is 27.3. The number of ether oxygens (including phenoxy) is 1. The summed E-state index contributed by atoms with van der Waals surface area (Å²) in [7, 11) is 0. The van der Waals surface area contributed by atoms with Gasteiger partial charge in [0.1, 0.15) is 11.8 Å². The molecule has 0 aliphatic heterocycles. The molecule has 1 atom stereocenters. The van der Waals surface area contributed by atoms with Gasteiger partial charge >= 0.3 is 0 Å². The van der Waals surface area contributed by atoms with Crippen molar-refractivity contribution in [2.75, 3.05) is 13.2 Å². The average Bonchev–Trinajstić information content (AvgIpc) is 2.77. The summed E-state index contributed by atoms with van der Waals surface area (Å²) in [6.07, 6.45) is 1.85. The van der Waals surface area contributed by atoms with Crippen LogP contribution in [0.5, 0.6) is 5.75 Å². The number of carbonyl (C=O) groups is 2. The van der Waals surface area contributed by atoms with Crippen LogP contribution in [0.4, 0.5) is 0 Å². The predicted octanol–water partition coefficient (Wildman–Crippen LogP) is 5.83. The zero-order valence-electron chi connectivity index (χ0n) is 19.2. The summed E-state index contributed by atoms with van der Waals surface area (Å²) in [5.41, 5.74) is 1.90. The highest BCUT2D eigenvalue weighted by atomic mass is 35.5. The molecule has 0 heterocycles. The standard InChI is InChI=1S/C25H32Cl2N2O3/c1-5-6-13-28-25(31)18(4)29(15-20-7-10-21(26)14-23(20)27)24(30)16-32-22-11-8-19(9-12-22)17(2)3/h7-12,14,17-18H,5-6,13,15-16H2,1-4H3,(H,28,31). The number of halogens is 2. The Morgan fingerprint density at radius 2 is 1.75 bits per heavy atom. The molecule has 0 saturated carbocycles. The Bertz CT molecular complexity index is 901. The molecule has 2 amide bonds. The molecule has 5 nitrogen and oxygen atoms in total. The first-order valence-electron chi connectivity index (χ1n) is 11.0. The van der Waals surface area contributed by atoms with E-state index in [0.717, 1.165) is 12.8 Å². The van der Waals surface area contributed by atoms with Crippen molar-refractivity contribution in [3.8, 4) is 5.75 Å². The van der Waals surface area contributed by atoms with E-state index in [9.17, 15) is 9.59 Å². The molecule has 0 aliphatic carbocycles. The lowest BCUT2D eigenvalue weighted by Gasteiger charge is -2.29. The van der Waals surface area contributed by atoms with Crippen LogP contribution in [0.15, 0.2) is 42.5 Å². The van der Waals surface area contributed by atoms with Crippen molar-refractivity contribution in [3.05, 3.63) is 63.6 Å². The molecule has 1 N–H and O–H groups in total. The molecule has 2 aromatic carbocycles. The Balaban J connectivity index is 2.14. The first-order chi connectivity index (χ1) is 15.2. The van der Waals surface area contributed by atoms with Gasteiger partial charge < -0.3 is 15.0 Å². The number of rotatable bonds is 11. The predicted molar refractivity (Wildman–Crippen MR) is 130 cm³/mol. The number of nitrogens with zero attached hydrogens (tertiary/aromatic N) is 1. The zero-order chi connectivity index (χ0) is 23.7. The molecule has 0 fully saturated rings. The summed E-state index contributed by atoms with van der Waals surface area (Å²) in [6.45, 7) is 8.56. The van der Waals surface area contributed by atoms with E-state index in [1.807, 2.05) is 24.3 Å². The monoisotopic (exact) mass is 478 g/mol. The van der Waals surface area contributed by atoms with Gasteiger partial charge in [0, 0.05) is 23.1 Å². The van der Waals surface area contributed by atoms with Gasteiger partial charge in [-0.2, -0.15) is 0 Å². The Morgan fingerprint density at radius 1 is 1.06 bits per heavy atom. The fourth-order valence-electron chi connectivity index (χ4n) is 3.13. The van der Waals surface area contributed by atoms with Gasteiger partial charge in [-0.05, 0) is 54.7 Å². The molecule has 0 radical (unpaired) electrons. The molecule has 0 saturated heterocycles. The van der Waals surface area contributed by atoms with E-state index in [-0.39, 0.29) is 25.0 Å². The van der Waals surface area contributed by atoms with Gasteiger partial charge in [0.15, 0.2) is 6.61 Å². The highest BCUT2D eigenvalue weighted by Crippen LogP contribution is 2.24. The number of carbonyl (C=O) groups excluding carboxylic acids is 2. The van der Waals surface area contributed by atoms with E-state index in [4.69, 9.17) is 27.9 Å². The van der Waals surface area contributed by atoms with Gasteiger partial charge in [0.05, 0.1) is 0 Å². The Hall–Kier alpha value is -2.24. The van der Waals surface area contributed by atoms with Crippen molar-refractivity contribution in [1.29, 1.82) is 0 Å². The maximum Gasteiger partial charge on any atom is 0.261 e.